The van der Waals surface area contributed by atoms with Crippen molar-refractivity contribution in [1.29, 1.82) is 0 Å². The van der Waals surface area contributed by atoms with Gasteiger partial charge in [-0.2, -0.15) is 0 Å². The van der Waals surface area contributed by atoms with Gasteiger partial charge in [-0.05, 0) is 47.4 Å². The van der Waals surface area contributed by atoms with Crippen molar-refractivity contribution in [1.82, 2.24) is 14.5 Å². The maximum absolute atomic E-state index is 5.09. The lowest BCUT2D eigenvalue weighted by molar-refractivity contribution is 0.592. The zero-order chi connectivity index (χ0) is 21.4. The van der Waals surface area contributed by atoms with Crippen LogP contribution in [-0.4, -0.2) is 14.5 Å². The molecule has 3 heteroatoms. The van der Waals surface area contributed by atoms with E-state index in [9.17, 15) is 0 Å². The Morgan fingerprint density at radius 2 is 1.29 bits per heavy atom. The Morgan fingerprint density at radius 3 is 2.10 bits per heavy atom. The van der Waals surface area contributed by atoms with Gasteiger partial charge in [0.2, 0.25) is 0 Å². The number of hydrogen-bond donors (Lipinski definition) is 0. The van der Waals surface area contributed by atoms with Gasteiger partial charge in [-0.1, -0.05) is 81.4 Å². The highest BCUT2D eigenvalue weighted by molar-refractivity contribution is 5.83. The van der Waals surface area contributed by atoms with Crippen LogP contribution in [0.3, 0.4) is 0 Å². The van der Waals surface area contributed by atoms with Crippen molar-refractivity contribution in [2.45, 2.75) is 26.2 Å². The van der Waals surface area contributed by atoms with E-state index >= 15 is 0 Å². The molecule has 0 atom stereocenters. The molecule has 0 amide bonds. The maximum Gasteiger partial charge on any atom is 0.164 e. The number of fused-ring (bicyclic) bond motifs is 1. The SMILES string of the molecule is CC(C)(C)c1ccccc1-c1cccc(-c2nc3ccccc3n2-c2ccccc2)n1. The molecule has 5 aromatic rings. The van der Waals surface area contributed by atoms with Gasteiger partial charge in [0.15, 0.2) is 5.82 Å². The van der Waals surface area contributed by atoms with Gasteiger partial charge in [0.05, 0.1) is 16.7 Å². The molecule has 0 aliphatic carbocycles. The van der Waals surface area contributed by atoms with E-state index < -0.39 is 0 Å². The molecule has 0 radical (unpaired) electrons. The van der Waals surface area contributed by atoms with E-state index in [1.54, 1.807) is 0 Å². The molecule has 0 bridgehead atoms. The minimum Gasteiger partial charge on any atom is -0.291 e. The second-order valence-electron chi connectivity index (χ2n) is 8.80. The van der Waals surface area contributed by atoms with Crippen molar-refractivity contribution < 1.29 is 0 Å². The Labute approximate surface area is 183 Å². The Kier molecular flexibility index (Phi) is 4.67. The number of aromatic nitrogens is 3. The summed E-state index contributed by atoms with van der Waals surface area (Å²) in [6, 6.07) is 33.3. The summed E-state index contributed by atoms with van der Waals surface area (Å²) in [4.78, 5) is 10.1. The summed E-state index contributed by atoms with van der Waals surface area (Å²) < 4.78 is 2.19. The molecule has 3 nitrogen and oxygen atoms in total. The van der Waals surface area contributed by atoms with E-state index in [0.29, 0.717) is 0 Å². The molecule has 0 unspecified atom stereocenters. The highest BCUT2D eigenvalue weighted by Crippen LogP contribution is 2.34. The van der Waals surface area contributed by atoms with Crippen molar-refractivity contribution >= 4 is 11.0 Å². The van der Waals surface area contributed by atoms with Crippen molar-refractivity contribution in [3.8, 4) is 28.5 Å². The van der Waals surface area contributed by atoms with Crippen LogP contribution in [0.1, 0.15) is 26.3 Å². The van der Waals surface area contributed by atoms with Gasteiger partial charge in [-0.25, -0.2) is 9.97 Å². The van der Waals surface area contributed by atoms with Crippen LogP contribution in [0.25, 0.3) is 39.5 Å². The first kappa shape index (κ1) is 19.3. The largest absolute Gasteiger partial charge is 0.291 e. The molecule has 0 saturated carbocycles. The van der Waals surface area contributed by atoms with Crippen LogP contribution >= 0.6 is 0 Å². The van der Waals surface area contributed by atoms with E-state index in [-0.39, 0.29) is 5.41 Å². The molecule has 0 saturated heterocycles. The summed E-state index contributed by atoms with van der Waals surface area (Å²) in [7, 11) is 0. The van der Waals surface area contributed by atoms with Crippen molar-refractivity contribution in [2.24, 2.45) is 0 Å². The number of pyridine rings is 1. The number of imidazole rings is 1. The van der Waals surface area contributed by atoms with Gasteiger partial charge in [0.1, 0.15) is 5.69 Å². The van der Waals surface area contributed by atoms with Gasteiger partial charge in [0.25, 0.3) is 0 Å². The van der Waals surface area contributed by atoms with E-state index in [2.05, 4.69) is 104 Å². The minimum atomic E-state index is 0.0332. The monoisotopic (exact) mass is 403 g/mol. The summed E-state index contributed by atoms with van der Waals surface area (Å²) >= 11 is 0. The van der Waals surface area contributed by atoms with E-state index in [0.717, 1.165) is 33.9 Å². The van der Waals surface area contributed by atoms with E-state index in [4.69, 9.17) is 9.97 Å². The lowest BCUT2D eigenvalue weighted by Crippen LogP contribution is -2.12. The predicted octanol–water partition coefficient (Wildman–Crippen LogP) is 7.05. The topological polar surface area (TPSA) is 30.7 Å². The zero-order valence-electron chi connectivity index (χ0n) is 18.1. The van der Waals surface area contributed by atoms with Crippen LogP contribution in [0.5, 0.6) is 0 Å². The summed E-state index contributed by atoms with van der Waals surface area (Å²) in [6.45, 7) is 6.72. The molecule has 5 rings (SSSR count). The van der Waals surface area contributed by atoms with E-state index in [1.165, 1.54) is 11.1 Å². The van der Waals surface area contributed by atoms with E-state index in [1.807, 2.05) is 18.2 Å². The number of nitrogens with zero attached hydrogens (tertiary/aromatic N) is 3. The highest BCUT2D eigenvalue weighted by atomic mass is 15.1. The molecule has 152 valence electrons. The third-order valence-electron chi connectivity index (χ3n) is 5.56. The molecule has 3 aromatic carbocycles. The Hall–Kier alpha value is -3.72. The third-order valence-corrected chi connectivity index (χ3v) is 5.56. The fraction of sp³-hybridized carbons (Fsp3) is 0.143. The summed E-state index contributed by atoms with van der Waals surface area (Å²) in [5, 5.41) is 0. The predicted molar refractivity (Wildman–Crippen MR) is 128 cm³/mol. The van der Waals surface area contributed by atoms with Gasteiger partial charge in [-0.15, -0.1) is 0 Å². The Balaban J connectivity index is 1.73. The molecule has 2 aromatic heterocycles. The maximum atomic E-state index is 5.09. The molecule has 31 heavy (non-hydrogen) atoms. The number of para-hydroxylation sites is 3. The van der Waals surface area contributed by atoms with Crippen LogP contribution in [0.2, 0.25) is 0 Å². The van der Waals surface area contributed by atoms with Gasteiger partial charge in [-0.3, -0.25) is 4.57 Å². The molecule has 0 N–H and O–H groups in total. The van der Waals surface area contributed by atoms with Crippen LogP contribution in [0, 0.1) is 0 Å². The first-order valence-electron chi connectivity index (χ1n) is 10.6. The standard InChI is InChI=1S/C28H25N3/c1-28(2,3)22-15-8-7-14-21(22)23-17-11-18-25(29-23)27-30-24-16-9-10-19-26(24)31(27)20-12-5-4-6-13-20/h4-19H,1-3H3. The van der Waals surface area contributed by atoms with Gasteiger partial charge in [0, 0.05) is 11.3 Å². The summed E-state index contributed by atoms with van der Waals surface area (Å²) in [5.74, 6) is 0.850. The highest BCUT2D eigenvalue weighted by Gasteiger charge is 2.20. The molecule has 2 heterocycles. The lowest BCUT2D eigenvalue weighted by atomic mass is 9.83. The van der Waals surface area contributed by atoms with Gasteiger partial charge < -0.3 is 0 Å². The number of benzene rings is 3. The lowest BCUT2D eigenvalue weighted by Gasteiger charge is -2.22. The normalized spacial score (nSPS) is 11.7. The fourth-order valence-electron chi connectivity index (χ4n) is 4.11. The van der Waals surface area contributed by atoms with Crippen molar-refractivity contribution in [3.05, 3.63) is 103 Å². The molecule has 0 aliphatic rings. The second kappa shape index (κ2) is 7.51. The number of hydrogen-bond acceptors (Lipinski definition) is 2. The smallest absolute Gasteiger partial charge is 0.164 e. The van der Waals surface area contributed by atoms with Gasteiger partial charge >= 0.3 is 0 Å². The number of rotatable bonds is 3. The first-order valence-corrected chi connectivity index (χ1v) is 10.6. The van der Waals surface area contributed by atoms with Crippen LogP contribution in [0.15, 0.2) is 97.1 Å². The minimum absolute atomic E-state index is 0.0332. The summed E-state index contributed by atoms with van der Waals surface area (Å²) in [6.07, 6.45) is 0. The molecule has 0 spiro atoms. The zero-order valence-corrected chi connectivity index (χ0v) is 18.1. The Morgan fingerprint density at radius 1 is 0.613 bits per heavy atom. The first-order chi connectivity index (χ1) is 15.0. The summed E-state index contributed by atoms with van der Waals surface area (Å²) in [5.41, 5.74) is 7.43. The quantitative estimate of drug-likeness (QED) is 0.323. The molecular formula is C28H25N3. The van der Waals surface area contributed by atoms with Crippen LogP contribution in [0.4, 0.5) is 0 Å². The average Bonchev–Trinajstić information content (AvgIpc) is 3.19. The van der Waals surface area contributed by atoms with Crippen LogP contribution < -0.4 is 0 Å². The van der Waals surface area contributed by atoms with Crippen LogP contribution in [-0.2, 0) is 5.41 Å². The third kappa shape index (κ3) is 3.53. The molecule has 0 fully saturated rings. The second-order valence-corrected chi connectivity index (χ2v) is 8.80. The molecule has 0 aliphatic heterocycles. The average molecular weight is 404 g/mol. The van der Waals surface area contributed by atoms with Crippen molar-refractivity contribution in [2.75, 3.05) is 0 Å². The Bertz CT molecular complexity index is 1360. The fourth-order valence-corrected chi connectivity index (χ4v) is 4.11. The van der Waals surface area contributed by atoms with Crippen molar-refractivity contribution in [3.63, 3.8) is 0 Å². The molecular weight excluding hydrogens is 378 g/mol.